The van der Waals surface area contributed by atoms with Gasteiger partial charge in [0.2, 0.25) is 5.78 Å². The highest BCUT2D eigenvalue weighted by molar-refractivity contribution is 6.07. The molecule has 1 aromatic carbocycles. The first-order valence-electron chi connectivity index (χ1n) is 8.25. The van der Waals surface area contributed by atoms with E-state index in [0.29, 0.717) is 18.4 Å². The van der Waals surface area contributed by atoms with Crippen LogP contribution < -0.4 is 0 Å². The molecule has 2 atom stereocenters. The van der Waals surface area contributed by atoms with E-state index in [0.717, 1.165) is 6.42 Å². The van der Waals surface area contributed by atoms with E-state index in [9.17, 15) is 14.9 Å². The molecule has 5 heteroatoms. The van der Waals surface area contributed by atoms with Crippen LogP contribution in [0.25, 0.3) is 0 Å². The lowest BCUT2D eigenvalue weighted by Gasteiger charge is -2.45. The predicted molar refractivity (Wildman–Crippen MR) is 90.5 cm³/mol. The predicted octanol–water partition coefficient (Wildman–Crippen LogP) is 3.94. The van der Waals surface area contributed by atoms with E-state index in [1.165, 1.54) is 4.90 Å². The molecule has 1 aliphatic rings. The van der Waals surface area contributed by atoms with Crippen LogP contribution in [0.4, 0.5) is 4.79 Å². The van der Waals surface area contributed by atoms with Gasteiger partial charge in [0.1, 0.15) is 5.60 Å². The lowest BCUT2D eigenvalue weighted by molar-refractivity contribution is -0.0136. The summed E-state index contributed by atoms with van der Waals surface area (Å²) < 4.78 is 5.47. The number of likely N-dealkylation sites (tertiary alicyclic amines) is 1. The second kappa shape index (κ2) is 6.64. The van der Waals surface area contributed by atoms with Crippen LogP contribution in [0.2, 0.25) is 0 Å². The molecule has 0 aliphatic carbocycles. The average molecular weight is 328 g/mol. The number of carbonyl (C=O) groups excluding carboxylic acids is 2. The summed E-state index contributed by atoms with van der Waals surface area (Å²) in [7, 11) is 0. The highest BCUT2D eigenvalue weighted by Gasteiger charge is 2.52. The molecule has 1 aromatic rings. The van der Waals surface area contributed by atoms with E-state index in [-0.39, 0.29) is 11.8 Å². The maximum atomic E-state index is 13.1. The Hall–Kier alpha value is -2.35. The highest BCUT2D eigenvalue weighted by atomic mass is 16.6. The van der Waals surface area contributed by atoms with Crippen molar-refractivity contribution >= 4 is 11.9 Å². The van der Waals surface area contributed by atoms with Crippen LogP contribution in [0, 0.1) is 11.3 Å². The van der Waals surface area contributed by atoms with Gasteiger partial charge in [-0.15, -0.1) is 0 Å². The summed E-state index contributed by atoms with van der Waals surface area (Å²) >= 11 is 0. The molecule has 24 heavy (non-hydrogen) atoms. The maximum absolute atomic E-state index is 13.1. The van der Waals surface area contributed by atoms with Crippen LogP contribution in [0.15, 0.2) is 30.3 Å². The third-order valence-corrected chi connectivity index (χ3v) is 4.20. The summed E-state index contributed by atoms with van der Waals surface area (Å²) in [5.41, 5.74) is -1.77. The molecule has 5 nitrogen and oxygen atoms in total. The Morgan fingerprint density at radius 2 is 1.92 bits per heavy atom. The van der Waals surface area contributed by atoms with Gasteiger partial charge in [-0.05, 0) is 47.0 Å². The molecule has 0 radical (unpaired) electrons. The number of nitriles is 1. The van der Waals surface area contributed by atoms with Gasteiger partial charge in [-0.1, -0.05) is 30.3 Å². The molecule has 0 aromatic heterocycles. The van der Waals surface area contributed by atoms with Crippen molar-refractivity contribution in [2.45, 2.75) is 64.1 Å². The van der Waals surface area contributed by atoms with E-state index in [2.05, 4.69) is 6.07 Å². The number of hydrogen-bond acceptors (Lipinski definition) is 4. The first-order valence-corrected chi connectivity index (χ1v) is 8.25. The van der Waals surface area contributed by atoms with Crippen molar-refractivity contribution in [2.24, 2.45) is 0 Å². The fourth-order valence-electron chi connectivity index (χ4n) is 3.14. The molecule has 1 amide bonds. The SMILES string of the molecule is C[C@H]1CCC[C@@](C#N)(C(=O)c2ccccc2)N1C(=O)OC(C)(C)C. The van der Waals surface area contributed by atoms with Gasteiger partial charge in [0.15, 0.2) is 5.54 Å². The second-order valence-corrected chi connectivity index (χ2v) is 7.26. The monoisotopic (exact) mass is 328 g/mol. The van der Waals surface area contributed by atoms with Crippen LogP contribution in [0.3, 0.4) is 0 Å². The number of carbonyl (C=O) groups is 2. The fraction of sp³-hybridized carbons (Fsp3) is 0.526. The largest absolute Gasteiger partial charge is 0.444 e. The van der Waals surface area contributed by atoms with Gasteiger partial charge in [-0.2, -0.15) is 5.26 Å². The van der Waals surface area contributed by atoms with Crippen molar-refractivity contribution in [3.8, 4) is 6.07 Å². The standard InChI is InChI=1S/C19H24N2O3/c1-14-9-8-12-19(13-20,16(22)15-10-6-5-7-11-15)21(14)17(23)24-18(2,3)4/h5-7,10-11,14H,8-9,12H2,1-4H3/t14-,19+/m0/s1. The molecule has 0 unspecified atom stereocenters. The van der Waals surface area contributed by atoms with E-state index in [4.69, 9.17) is 4.74 Å². The topological polar surface area (TPSA) is 70.4 Å². The number of ether oxygens (including phenoxy) is 1. The first-order chi connectivity index (χ1) is 11.2. The van der Waals surface area contributed by atoms with E-state index in [1.807, 2.05) is 13.0 Å². The molecule has 0 spiro atoms. The Morgan fingerprint density at radius 3 is 2.46 bits per heavy atom. The number of benzene rings is 1. The minimum Gasteiger partial charge on any atom is -0.444 e. The number of piperidine rings is 1. The number of hydrogen-bond donors (Lipinski definition) is 0. The average Bonchev–Trinajstić information content (AvgIpc) is 2.52. The lowest BCUT2D eigenvalue weighted by Crippen LogP contribution is -2.62. The maximum Gasteiger partial charge on any atom is 0.412 e. The van der Waals surface area contributed by atoms with Crippen LogP contribution in [-0.4, -0.2) is 34.0 Å². The van der Waals surface area contributed by atoms with Crippen molar-refractivity contribution in [3.63, 3.8) is 0 Å². The Bertz CT molecular complexity index is 657. The molecule has 0 saturated carbocycles. The normalized spacial score (nSPS) is 24.1. The summed E-state index contributed by atoms with van der Waals surface area (Å²) in [4.78, 5) is 27.2. The first kappa shape index (κ1) is 18.0. The van der Waals surface area contributed by atoms with Gasteiger partial charge < -0.3 is 4.74 Å². The Balaban J connectivity index is 2.46. The summed E-state index contributed by atoms with van der Waals surface area (Å²) in [6.07, 6.45) is 1.17. The minimum absolute atomic E-state index is 0.235. The zero-order valence-corrected chi connectivity index (χ0v) is 14.7. The number of nitrogens with zero attached hydrogens (tertiary/aromatic N) is 2. The molecular formula is C19H24N2O3. The van der Waals surface area contributed by atoms with Crippen molar-refractivity contribution in [2.75, 3.05) is 0 Å². The van der Waals surface area contributed by atoms with Crippen molar-refractivity contribution in [3.05, 3.63) is 35.9 Å². The lowest BCUT2D eigenvalue weighted by atomic mass is 9.79. The highest BCUT2D eigenvalue weighted by Crippen LogP contribution is 2.36. The minimum atomic E-state index is -1.51. The molecule has 1 aliphatic heterocycles. The zero-order chi connectivity index (χ0) is 18.0. The Morgan fingerprint density at radius 1 is 1.29 bits per heavy atom. The number of rotatable bonds is 2. The van der Waals surface area contributed by atoms with Gasteiger partial charge in [0.25, 0.3) is 0 Å². The van der Waals surface area contributed by atoms with Gasteiger partial charge >= 0.3 is 6.09 Å². The van der Waals surface area contributed by atoms with Gasteiger partial charge in [0.05, 0.1) is 6.07 Å². The van der Waals surface area contributed by atoms with Gasteiger partial charge in [0, 0.05) is 11.6 Å². The molecule has 1 heterocycles. The molecular weight excluding hydrogens is 304 g/mol. The van der Waals surface area contributed by atoms with Crippen molar-refractivity contribution < 1.29 is 14.3 Å². The molecule has 2 rings (SSSR count). The quantitative estimate of drug-likeness (QED) is 0.771. The molecule has 128 valence electrons. The summed E-state index contributed by atoms with van der Waals surface area (Å²) in [5.74, 6) is -0.344. The van der Waals surface area contributed by atoms with E-state index < -0.39 is 17.2 Å². The van der Waals surface area contributed by atoms with E-state index in [1.54, 1.807) is 45.0 Å². The van der Waals surface area contributed by atoms with Crippen molar-refractivity contribution in [1.29, 1.82) is 5.26 Å². The number of ketones is 1. The van der Waals surface area contributed by atoms with Crippen molar-refractivity contribution in [1.82, 2.24) is 4.90 Å². The smallest absolute Gasteiger partial charge is 0.412 e. The van der Waals surface area contributed by atoms with E-state index >= 15 is 0 Å². The second-order valence-electron chi connectivity index (χ2n) is 7.26. The third kappa shape index (κ3) is 3.43. The van der Waals surface area contributed by atoms with Gasteiger partial charge in [-0.25, -0.2) is 4.79 Å². The van der Waals surface area contributed by atoms with Crippen LogP contribution in [0.5, 0.6) is 0 Å². The summed E-state index contributed by atoms with van der Waals surface area (Å²) in [6, 6.07) is 10.6. The van der Waals surface area contributed by atoms with Gasteiger partial charge in [-0.3, -0.25) is 9.69 Å². The third-order valence-electron chi connectivity index (χ3n) is 4.20. The number of Topliss-reactive ketones (excluding diaryl/α,β-unsaturated/α-hetero) is 1. The Kier molecular flexibility index (Phi) is 4.98. The fourth-order valence-corrected chi connectivity index (χ4v) is 3.14. The Labute approximate surface area is 143 Å². The molecule has 1 saturated heterocycles. The summed E-state index contributed by atoms with van der Waals surface area (Å²) in [6.45, 7) is 7.17. The summed E-state index contributed by atoms with van der Waals surface area (Å²) in [5, 5.41) is 9.89. The van der Waals surface area contributed by atoms with Crippen LogP contribution >= 0.6 is 0 Å². The van der Waals surface area contributed by atoms with Crippen LogP contribution in [0.1, 0.15) is 57.3 Å². The molecule has 1 fully saturated rings. The van der Waals surface area contributed by atoms with Crippen LogP contribution in [-0.2, 0) is 4.74 Å². The molecule has 0 bridgehead atoms. The molecule has 0 N–H and O–H groups in total. The zero-order valence-electron chi connectivity index (χ0n) is 14.7. The number of amides is 1.